The highest BCUT2D eigenvalue weighted by Gasteiger charge is 2.20. The second-order valence-electron chi connectivity index (χ2n) is 6.21. The van der Waals surface area contributed by atoms with E-state index in [0.717, 1.165) is 5.56 Å². The third-order valence-corrected chi connectivity index (χ3v) is 3.93. The number of amides is 2. The average Bonchev–Trinajstić information content (AvgIpc) is 2.70. The Morgan fingerprint density at radius 3 is 2.55 bits per heavy atom. The van der Waals surface area contributed by atoms with Crippen molar-refractivity contribution in [2.24, 2.45) is 0 Å². The summed E-state index contributed by atoms with van der Waals surface area (Å²) in [5, 5.41) is 22.4. The van der Waals surface area contributed by atoms with Crippen molar-refractivity contribution < 1.29 is 14.5 Å². The van der Waals surface area contributed by atoms with Gasteiger partial charge in [0, 0.05) is 32.1 Å². The van der Waals surface area contributed by atoms with Gasteiger partial charge >= 0.3 is 0 Å². The van der Waals surface area contributed by atoms with Crippen LogP contribution in [0.4, 0.5) is 5.69 Å². The maximum atomic E-state index is 13.1. The van der Waals surface area contributed by atoms with E-state index in [2.05, 4.69) is 5.32 Å². The fourth-order valence-corrected chi connectivity index (χ4v) is 2.65. The molecular weight excluding hydrogens is 372 g/mol. The molecule has 0 radical (unpaired) electrons. The van der Waals surface area contributed by atoms with Crippen LogP contribution in [0.25, 0.3) is 6.08 Å². The van der Waals surface area contributed by atoms with Gasteiger partial charge in [0.25, 0.3) is 11.6 Å². The number of hydrogen-bond donors (Lipinski definition) is 1. The predicted molar refractivity (Wildman–Crippen MR) is 107 cm³/mol. The second-order valence-corrected chi connectivity index (χ2v) is 6.21. The van der Waals surface area contributed by atoms with Crippen LogP contribution < -0.4 is 5.32 Å². The molecule has 0 aliphatic carbocycles. The molecule has 0 aliphatic heterocycles. The summed E-state index contributed by atoms with van der Waals surface area (Å²) >= 11 is 0. The molecule has 148 valence electrons. The van der Waals surface area contributed by atoms with Gasteiger partial charge in [-0.2, -0.15) is 5.26 Å². The molecule has 0 bridgehead atoms. The minimum absolute atomic E-state index is 0.0214. The quantitative estimate of drug-likeness (QED) is 0.421. The van der Waals surface area contributed by atoms with E-state index in [0.29, 0.717) is 5.56 Å². The lowest BCUT2D eigenvalue weighted by Crippen LogP contribution is -2.38. The van der Waals surface area contributed by atoms with Crippen molar-refractivity contribution in [3.8, 4) is 6.07 Å². The summed E-state index contributed by atoms with van der Waals surface area (Å²) < 4.78 is 0. The number of hydrogen-bond acceptors (Lipinski definition) is 5. The maximum Gasteiger partial charge on any atom is 0.270 e. The molecule has 2 aromatic carbocycles. The van der Waals surface area contributed by atoms with E-state index in [4.69, 9.17) is 5.26 Å². The fraction of sp³-hybridized carbons (Fsp3) is 0.190. The molecule has 8 heteroatoms. The Hall–Kier alpha value is -3.99. The van der Waals surface area contributed by atoms with Crippen molar-refractivity contribution >= 4 is 23.6 Å². The molecular formula is C21H20N4O4. The molecule has 0 saturated carbocycles. The first-order valence-corrected chi connectivity index (χ1v) is 8.84. The number of carbonyl (C=O) groups excluding carboxylic acids is 2. The molecule has 0 atom stereocenters. The van der Waals surface area contributed by atoms with E-state index in [1.54, 1.807) is 6.07 Å². The molecule has 29 heavy (non-hydrogen) atoms. The van der Waals surface area contributed by atoms with Gasteiger partial charge in [-0.1, -0.05) is 42.5 Å². The second kappa shape index (κ2) is 10.4. The molecule has 8 nitrogen and oxygen atoms in total. The van der Waals surface area contributed by atoms with E-state index >= 15 is 0 Å². The zero-order chi connectivity index (χ0) is 21.2. The number of nitriles is 1. The largest absolute Gasteiger partial charge is 0.332 e. The molecule has 0 unspecified atom stereocenters. The lowest BCUT2D eigenvalue weighted by molar-refractivity contribution is -0.384. The van der Waals surface area contributed by atoms with Gasteiger partial charge in [-0.15, -0.1) is 0 Å². The molecule has 0 aliphatic rings. The van der Waals surface area contributed by atoms with Crippen LogP contribution >= 0.6 is 0 Å². The Labute approximate surface area is 168 Å². The van der Waals surface area contributed by atoms with E-state index < -0.39 is 16.7 Å². The average molecular weight is 392 g/mol. The highest BCUT2D eigenvalue weighted by atomic mass is 16.6. The predicted octanol–water partition coefficient (Wildman–Crippen LogP) is 3.01. The summed E-state index contributed by atoms with van der Waals surface area (Å²) in [5.74, 6) is -0.930. The first-order valence-electron chi connectivity index (χ1n) is 8.84. The third kappa shape index (κ3) is 6.59. The smallest absolute Gasteiger partial charge is 0.270 e. The zero-order valence-corrected chi connectivity index (χ0v) is 15.9. The molecule has 0 aromatic heterocycles. The van der Waals surface area contributed by atoms with E-state index in [1.807, 2.05) is 36.4 Å². The van der Waals surface area contributed by atoms with Crippen LogP contribution in [0.3, 0.4) is 0 Å². The minimum Gasteiger partial charge on any atom is -0.332 e. The van der Waals surface area contributed by atoms with Gasteiger partial charge in [0.05, 0.1) is 17.4 Å². The number of nitro benzene ring substituents is 1. The number of carbonyl (C=O) groups is 2. The first kappa shape index (κ1) is 21.3. The minimum atomic E-state index is -0.536. The highest BCUT2D eigenvalue weighted by molar-refractivity contribution is 6.01. The molecule has 2 aromatic rings. The van der Waals surface area contributed by atoms with E-state index in [9.17, 15) is 19.7 Å². The van der Waals surface area contributed by atoms with Gasteiger partial charge in [-0.25, -0.2) is 0 Å². The van der Waals surface area contributed by atoms with Crippen molar-refractivity contribution in [3.63, 3.8) is 0 Å². The van der Waals surface area contributed by atoms with Crippen molar-refractivity contribution in [1.29, 1.82) is 5.26 Å². The zero-order valence-electron chi connectivity index (χ0n) is 15.9. The first-order chi connectivity index (χ1) is 13.9. The lowest BCUT2D eigenvalue weighted by Gasteiger charge is -2.23. The summed E-state index contributed by atoms with van der Waals surface area (Å²) in [7, 11) is 0. The van der Waals surface area contributed by atoms with Crippen molar-refractivity contribution in [1.82, 2.24) is 10.2 Å². The Morgan fingerprint density at radius 2 is 1.93 bits per heavy atom. The number of non-ortho nitro benzene ring substituents is 1. The Bertz CT molecular complexity index is 964. The number of rotatable bonds is 8. The third-order valence-electron chi connectivity index (χ3n) is 3.93. The normalized spacial score (nSPS) is 10.7. The van der Waals surface area contributed by atoms with Crippen molar-refractivity contribution in [3.05, 3.63) is 81.5 Å². The van der Waals surface area contributed by atoms with Gasteiger partial charge in [0.1, 0.15) is 5.70 Å². The van der Waals surface area contributed by atoms with Gasteiger partial charge in [-0.3, -0.25) is 19.7 Å². The van der Waals surface area contributed by atoms with Gasteiger partial charge in [-0.05, 0) is 17.2 Å². The fourth-order valence-electron chi connectivity index (χ4n) is 2.65. The molecule has 2 amide bonds. The van der Waals surface area contributed by atoms with Crippen LogP contribution in [0.2, 0.25) is 0 Å². The maximum absolute atomic E-state index is 13.1. The highest BCUT2D eigenvalue weighted by Crippen LogP contribution is 2.17. The number of nitrogens with one attached hydrogen (secondary N) is 1. The Kier molecular flexibility index (Phi) is 7.62. The van der Waals surface area contributed by atoms with Gasteiger partial charge in [0.2, 0.25) is 5.91 Å². The van der Waals surface area contributed by atoms with E-state index in [-0.39, 0.29) is 30.9 Å². The number of benzene rings is 2. The monoisotopic (exact) mass is 392 g/mol. The molecule has 1 N–H and O–H groups in total. The lowest BCUT2D eigenvalue weighted by atomic mass is 10.1. The standard InChI is InChI=1S/C21H20N4O4/c1-16(26)23-20(14-18-9-5-10-19(13-18)25(28)29)21(27)24(12-6-11-22)15-17-7-3-2-4-8-17/h2-5,7-10,13-14H,6,12,15H2,1H3,(H,23,26)/b20-14-. The molecule has 0 heterocycles. The van der Waals surface area contributed by atoms with Gasteiger partial charge in [0.15, 0.2) is 0 Å². The van der Waals surface area contributed by atoms with Crippen LogP contribution in [-0.4, -0.2) is 28.2 Å². The Balaban J connectivity index is 2.37. The van der Waals surface area contributed by atoms with Crippen LogP contribution in [0.5, 0.6) is 0 Å². The summed E-state index contributed by atoms with van der Waals surface area (Å²) in [6.45, 7) is 1.70. The van der Waals surface area contributed by atoms with Crippen LogP contribution in [0, 0.1) is 21.4 Å². The molecule has 0 spiro atoms. The van der Waals surface area contributed by atoms with Crippen LogP contribution in [0.1, 0.15) is 24.5 Å². The summed E-state index contributed by atoms with van der Waals surface area (Å²) in [6, 6.07) is 17.0. The molecule has 2 rings (SSSR count). The summed E-state index contributed by atoms with van der Waals surface area (Å²) in [6.07, 6.45) is 1.52. The molecule has 0 fully saturated rings. The van der Waals surface area contributed by atoms with Crippen LogP contribution in [-0.2, 0) is 16.1 Å². The van der Waals surface area contributed by atoms with Crippen molar-refractivity contribution in [2.45, 2.75) is 19.9 Å². The van der Waals surface area contributed by atoms with Crippen molar-refractivity contribution in [2.75, 3.05) is 6.54 Å². The Morgan fingerprint density at radius 1 is 1.21 bits per heavy atom. The summed E-state index contributed by atoms with van der Waals surface area (Å²) in [5.41, 5.74) is 1.12. The summed E-state index contributed by atoms with van der Waals surface area (Å²) in [4.78, 5) is 36.7. The number of nitro groups is 1. The topological polar surface area (TPSA) is 116 Å². The van der Waals surface area contributed by atoms with E-state index in [1.165, 1.54) is 36.1 Å². The van der Waals surface area contributed by atoms with Gasteiger partial charge < -0.3 is 10.2 Å². The number of nitrogens with zero attached hydrogens (tertiary/aromatic N) is 3. The molecule has 0 saturated heterocycles. The SMILES string of the molecule is CC(=O)N/C(=C\c1cccc([N+](=O)[O-])c1)C(=O)N(CCC#N)Cc1ccccc1. The van der Waals surface area contributed by atoms with Crippen LogP contribution in [0.15, 0.2) is 60.3 Å².